The van der Waals surface area contributed by atoms with E-state index in [0.29, 0.717) is 34.4 Å². The van der Waals surface area contributed by atoms with Crippen LogP contribution in [0, 0.1) is 0 Å². The number of rotatable bonds is 7. The molecule has 0 spiro atoms. The molecule has 0 saturated heterocycles. The third-order valence-corrected chi connectivity index (χ3v) is 5.51. The number of hydrogen-bond donors (Lipinski definition) is 1. The van der Waals surface area contributed by atoms with Gasteiger partial charge in [0.05, 0.1) is 11.4 Å². The number of unbranched alkanes of at least 4 members (excludes halogenated alkanes) is 1. The molecule has 4 aromatic rings. The zero-order chi connectivity index (χ0) is 20.4. The molecular weight excluding hydrogens is 390 g/mol. The summed E-state index contributed by atoms with van der Waals surface area (Å²) in [4.78, 5) is 35.9. The average molecular weight is 411 g/mol. The lowest BCUT2D eigenvalue weighted by Crippen LogP contribution is -2.31. The van der Waals surface area contributed by atoms with Gasteiger partial charge < -0.3 is 4.57 Å². The highest BCUT2D eigenvalue weighted by molar-refractivity contribution is 7.98. The lowest BCUT2D eigenvalue weighted by atomic mass is 10.3. The molecule has 0 unspecified atom stereocenters. The van der Waals surface area contributed by atoms with Crippen molar-refractivity contribution in [2.24, 2.45) is 7.05 Å². The fraction of sp³-hybridized carbons (Fsp3) is 0.316. The van der Waals surface area contributed by atoms with Gasteiger partial charge in [-0.3, -0.25) is 14.3 Å². The molecule has 3 aromatic heterocycles. The zero-order valence-electron chi connectivity index (χ0n) is 16.2. The summed E-state index contributed by atoms with van der Waals surface area (Å²) in [6.07, 6.45) is 3.45. The van der Waals surface area contributed by atoms with E-state index >= 15 is 0 Å². The summed E-state index contributed by atoms with van der Waals surface area (Å²) in [6, 6.07) is 9.74. The highest BCUT2D eigenvalue weighted by atomic mass is 32.2. The molecule has 3 heterocycles. The molecule has 0 aliphatic rings. The maximum atomic E-state index is 12.3. The van der Waals surface area contributed by atoms with Gasteiger partial charge in [-0.25, -0.2) is 19.4 Å². The first-order valence-corrected chi connectivity index (χ1v) is 10.4. The molecule has 9 nitrogen and oxygen atoms in total. The standard InChI is InChI=1S/C19H21N7O2S/c1-3-4-10-25-16-15(17(27)22-19(25)28)24(2)14(21-16)11-29-18-20-12-26(23-18)13-8-6-5-7-9-13/h5-9,12H,3-4,10-11H2,1-2H3,(H,22,27,28). The Kier molecular flexibility index (Phi) is 5.34. The molecule has 0 saturated carbocycles. The van der Waals surface area contributed by atoms with E-state index in [0.717, 1.165) is 18.5 Å². The van der Waals surface area contributed by atoms with E-state index in [9.17, 15) is 9.59 Å². The number of aromatic nitrogens is 7. The SMILES string of the molecule is CCCCn1c(=O)[nH]c(=O)c2c1nc(CSc1ncn(-c3ccccc3)n1)n2C. The minimum atomic E-state index is -0.421. The van der Waals surface area contributed by atoms with Gasteiger partial charge >= 0.3 is 5.69 Å². The molecule has 29 heavy (non-hydrogen) atoms. The minimum absolute atomic E-state index is 0.402. The van der Waals surface area contributed by atoms with E-state index in [4.69, 9.17) is 0 Å². The molecule has 0 bridgehead atoms. The number of nitrogens with one attached hydrogen (secondary N) is 1. The second kappa shape index (κ2) is 8.08. The van der Waals surface area contributed by atoms with Crippen LogP contribution in [-0.2, 0) is 19.3 Å². The molecule has 0 aliphatic heterocycles. The van der Waals surface area contributed by atoms with Gasteiger partial charge in [0.15, 0.2) is 11.2 Å². The van der Waals surface area contributed by atoms with Gasteiger partial charge in [-0.05, 0) is 18.6 Å². The number of benzene rings is 1. The van der Waals surface area contributed by atoms with Crippen LogP contribution in [0.4, 0.5) is 0 Å². The van der Waals surface area contributed by atoms with Gasteiger partial charge in [0.25, 0.3) is 5.56 Å². The Labute approximate surface area is 170 Å². The predicted octanol–water partition coefficient (Wildman–Crippen LogP) is 2.10. The number of aryl methyl sites for hydroxylation is 2. The van der Waals surface area contributed by atoms with Gasteiger partial charge in [-0.15, -0.1) is 5.10 Å². The molecule has 4 rings (SSSR count). The van der Waals surface area contributed by atoms with Crippen molar-refractivity contribution >= 4 is 22.9 Å². The van der Waals surface area contributed by atoms with Crippen molar-refractivity contribution in [2.75, 3.05) is 0 Å². The van der Waals surface area contributed by atoms with Crippen molar-refractivity contribution in [2.45, 2.75) is 37.2 Å². The second-order valence-electron chi connectivity index (χ2n) is 6.62. The molecule has 0 radical (unpaired) electrons. The lowest BCUT2D eigenvalue weighted by Gasteiger charge is -2.04. The number of aromatic amines is 1. The number of fused-ring (bicyclic) bond motifs is 1. The van der Waals surface area contributed by atoms with Crippen LogP contribution in [0.3, 0.4) is 0 Å². The van der Waals surface area contributed by atoms with Crippen LogP contribution >= 0.6 is 11.8 Å². The van der Waals surface area contributed by atoms with E-state index in [-0.39, 0.29) is 0 Å². The predicted molar refractivity (Wildman–Crippen MR) is 111 cm³/mol. The summed E-state index contributed by atoms with van der Waals surface area (Å²) >= 11 is 1.43. The molecular formula is C19H21N7O2S. The fourth-order valence-electron chi connectivity index (χ4n) is 3.09. The Morgan fingerprint density at radius 1 is 1.17 bits per heavy atom. The molecule has 1 aromatic carbocycles. The summed E-state index contributed by atoms with van der Waals surface area (Å²) in [5.74, 6) is 1.16. The van der Waals surface area contributed by atoms with E-state index in [1.807, 2.05) is 30.3 Å². The fourth-order valence-corrected chi connectivity index (χ4v) is 3.88. The Balaban J connectivity index is 1.61. The molecule has 0 aliphatic carbocycles. The van der Waals surface area contributed by atoms with E-state index in [2.05, 4.69) is 27.0 Å². The quantitative estimate of drug-likeness (QED) is 0.467. The third-order valence-electron chi connectivity index (χ3n) is 4.66. The maximum Gasteiger partial charge on any atom is 0.330 e. The minimum Gasteiger partial charge on any atom is -0.325 e. The van der Waals surface area contributed by atoms with Crippen molar-refractivity contribution in [3.63, 3.8) is 0 Å². The molecule has 0 fully saturated rings. The number of para-hydroxylation sites is 1. The van der Waals surface area contributed by atoms with E-state index in [1.165, 1.54) is 16.3 Å². The van der Waals surface area contributed by atoms with Gasteiger partial charge in [0.1, 0.15) is 12.2 Å². The Morgan fingerprint density at radius 2 is 1.97 bits per heavy atom. The van der Waals surface area contributed by atoms with Crippen LogP contribution in [0.5, 0.6) is 0 Å². The number of nitrogens with zero attached hydrogens (tertiary/aromatic N) is 6. The van der Waals surface area contributed by atoms with Gasteiger partial charge in [-0.1, -0.05) is 43.3 Å². The molecule has 1 N–H and O–H groups in total. The zero-order valence-corrected chi connectivity index (χ0v) is 17.0. The van der Waals surface area contributed by atoms with Crippen LogP contribution in [0.25, 0.3) is 16.9 Å². The van der Waals surface area contributed by atoms with Crippen molar-refractivity contribution < 1.29 is 0 Å². The van der Waals surface area contributed by atoms with Crippen molar-refractivity contribution in [1.82, 2.24) is 33.9 Å². The molecule has 0 amide bonds. The van der Waals surface area contributed by atoms with E-state index in [1.54, 1.807) is 22.6 Å². The Morgan fingerprint density at radius 3 is 2.72 bits per heavy atom. The summed E-state index contributed by atoms with van der Waals surface area (Å²) < 4.78 is 4.98. The van der Waals surface area contributed by atoms with Gasteiger partial charge in [0.2, 0.25) is 5.16 Å². The number of H-pyrrole nitrogens is 1. The molecule has 0 atom stereocenters. The Hall–Kier alpha value is -3.14. The van der Waals surface area contributed by atoms with Crippen LogP contribution in [0.15, 0.2) is 51.4 Å². The average Bonchev–Trinajstić information content (AvgIpc) is 3.32. The van der Waals surface area contributed by atoms with Crippen LogP contribution in [-0.4, -0.2) is 33.9 Å². The topological polar surface area (TPSA) is 103 Å². The monoisotopic (exact) mass is 411 g/mol. The largest absolute Gasteiger partial charge is 0.330 e. The number of hydrogen-bond acceptors (Lipinski definition) is 6. The normalized spacial score (nSPS) is 11.4. The summed E-state index contributed by atoms with van der Waals surface area (Å²) in [5, 5.41) is 5.09. The maximum absolute atomic E-state index is 12.3. The highest BCUT2D eigenvalue weighted by Crippen LogP contribution is 2.21. The third kappa shape index (κ3) is 3.75. The molecule has 150 valence electrons. The summed E-state index contributed by atoms with van der Waals surface area (Å²) in [5.41, 5.74) is 0.917. The van der Waals surface area contributed by atoms with Gasteiger partial charge in [-0.2, -0.15) is 0 Å². The second-order valence-corrected chi connectivity index (χ2v) is 7.56. The van der Waals surface area contributed by atoms with Crippen LogP contribution in [0.2, 0.25) is 0 Å². The number of imidazole rings is 1. The van der Waals surface area contributed by atoms with E-state index < -0.39 is 11.2 Å². The highest BCUT2D eigenvalue weighted by Gasteiger charge is 2.17. The summed E-state index contributed by atoms with van der Waals surface area (Å²) in [7, 11) is 1.78. The molecule has 10 heteroatoms. The van der Waals surface area contributed by atoms with Crippen molar-refractivity contribution in [3.8, 4) is 5.69 Å². The first-order chi connectivity index (χ1) is 14.1. The lowest BCUT2D eigenvalue weighted by molar-refractivity contribution is 0.613. The van der Waals surface area contributed by atoms with Crippen molar-refractivity contribution in [1.29, 1.82) is 0 Å². The first-order valence-electron chi connectivity index (χ1n) is 9.36. The van der Waals surface area contributed by atoms with Crippen molar-refractivity contribution in [3.05, 3.63) is 63.3 Å². The smallest absolute Gasteiger partial charge is 0.325 e. The summed E-state index contributed by atoms with van der Waals surface area (Å²) in [6.45, 7) is 2.57. The first kappa shape index (κ1) is 19.2. The van der Waals surface area contributed by atoms with Crippen LogP contribution < -0.4 is 11.2 Å². The van der Waals surface area contributed by atoms with Crippen LogP contribution in [0.1, 0.15) is 25.6 Å². The Bertz CT molecular complexity index is 1250. The number of thioether (sulfide) groups is 1. The van der Waals surface area contributed by atoms with Gasteiger partial charge in [0, 0.05) is 13.6 Å².